The largest absolute Gasteiger partial charge is 0.497 e. The summed E-state index contributed by atoms with van der Waals surface area (Å²) in [6, 6.07) is 7.05. The standard InChI is InChI=1S/C21H28N4O3/c1-15(2)10-24-14-22-9-18(24)12-25-16(3)21(27)23(13-20(25)26)11-17-5-7-19(28-4)8-6-17/h5-9,14-16H,10-13H2,1-4H3/t16-/m0/s1. The van der Waals surface area contributed by atoms with Gasteiger partial charge in [-0.25, -0.2) is 4.98 Å². The van der Waals surface area contributed by atoms with Crippen molar-refractivity contribution in [1.29, 1.82) is 0 Å². The van der Waals surface area contributed by atoms with Gasteiger partial charge in [0.15, 0.2) is 0 Å². The summed E-state index contributed by atoms with van der Waals surface area (Å²) in [6.07, 6.45) is 3.56. The molecule has 1 aliphatic heterocycles. The highest BCUT2D eigenvalue weighted by Gasteiger charge is 2.36. The molecule has 1 aromatic carbocycles. The maximum absolute atomic E-state index is 12.9. The Morgan fingerprint density at radius 2 is 1.89 bits per heavy atom. The number of amides is 2. The van der Waals surface area contributed by atoms with E-state index in [0.29, 0.717) is 19.0 Å². The first-order valence-electron chi connectivity index (χ1n) is 9.59. The first-order valence-corrected chi connectivity index (χ1v) is 9.59. The maximum Gasteiger partial charge on any atom is 0.245 e. The van der Waals surface area contributed by atoms with Gasteiger partial charge in [-0.2, -0.15) is 0 Å². The second kappa shape index (κ2) is 8.46. The zero-order valence-corrected chi connectivity index (χ0v) is 17.0. The molecule has 0 aliphatic carbocycles. The van der Waals surface area contributed by atoms with Crippen LogP contribution >= 0.6 is 0 Å². The first-order chi connectivity index (χ1) is 13.4. The maximum atomic E-state index is 12.9. The number of nitrogens with zero attached hydrogens (tertiary/aromatic N) is 4. The second-order valence-corrected chi connectivity index (χ2v) is 7.67. The molecular weight excluding hydrogens is 356 g/mol. The predicted octanol–water partition coefficient (Wildman–Crippen LogP) is 2.31. The van der Waals surface area contributed by atoms with Gasteiger partial charge in [-0.3, -0.25) is 9.59 Å². The molecule has 2 heterocycles. The Balaban J connectivity index is 1.69. The van der Waals surface area contributed by atoms with Crippen LogP contribution in [0.3, 0.4) is 0 Å². The molecule has 1 saturated heterocycles. The van der Waals surface area contributed by atoms with Gasteiger partial charge in [0.1, 0.15) is 18.3 Å². The zero-order valence-electron chi connectivity index (χ0n) is 17.0. The Kier molecular flexibility index (Phi) is 6.02. The van der Waals surface area contributed by atoms with E-state index >= 15 is 0 Å². The van der Waals surface area contributed by atoms with Crippen molar-refractivity contribution in [2.75, 3.05) is 13.7 Å². The Labute approximate surface area is 165 Å². The number of hydrogen-bond donors (Lipinski definition) is 0. The molecule has 7 heteroatoms. The van der Waals surface area contributed by atoms with Crippen molar-refractivity contribution in [3.8, 4) is 5.75 Å². The van der Waals surface area contributed by atoms with Crippen LogP contribution in [0.15, 0.2) is 36.8 Å². The van der Waals surface area contributed by atoms with Gasteiger partial charge in [-0.05, 0) is 30.5 Å². The number of carbonyl (C=O) groups excluding carboxylic acids is 2. The number of methoxy groups -OCH3 is 1. The molecule has 0 saturated carbocycles. The summed E-state index contributed by atoms with van der Waals surface area (Å²) in [7, 11) is 1.62. The lowest BCUT2D eigenvalue weighted by molar-refractivity contribution is -0.156. The average molecular weight is 384 g/mol. The molecule has 0 unspecified atom stereocenters. The fourth-order valence-corrected chi connectivity index (χ4v) is 3.47. The van der Waals surface area contributed by atoms with Crippen molar-refractivity contribution >= 4 is 11.8 Å². The molecular formula is C21H28N4O3. The van der Waals surface area contributed by atoms with Crippen molar-refractivity contribution in [1.82, 2.24) is 19.4 Å². The van der Waals surface area contributed by atoms with Crippen LogP contribution in [0, 0.1) is 5.92 Å². The monoisotopic (exact) mass is 384 g/mol. The number of carbonyl (C=O) groups is 2. The van der Waals surface area contributed by atoms with Gasteiger partial charge in [-0.1, -0.05) is 26.0 Å². The van der Waals surface area contributed by atoms with Crippen LogP contribution in [0.25, 0.3) is 0 Å². The zero-order chi connectivity index (χ0) is 20.3. The molecule has 7 nitrogen and oxygen atoms in total. The van der Waals surface area contributed by atoms with Crippen molar-refractivity contribution in [2.24, 2.45) is 5.92 Å². The third-order valence-corrected chi connectivity index (χ3v) is 5.01. The average Bonchev–Trinajstić information content (AvgIpc) is 3.09. The van der Waals surface area contributed by atoms with Gasteiger partial charge in [-0.15, -0.1) is 0 Å². The number of piperazine rings is 1. The van der Waals surface area contributed by atoms with Crippen LogP contribution in [0.2, 0.25) is 0 Å². The quantitative estimate of drug-likeness (QED) is 0.735. The Morgan fingerprint density at radius 1 is 1.18 bits per heavy atom. The molecule has 0 N–H and O–H groups in total. The summed E-state index contributed by atoms with van der Waals surface area (Å²) in [5.74, 6) is 1.16. The first kappa shape index (κ1) is 19.9. The summed E-state index contributed by atoms with van der Waals surface area (Å²) >= 11 is 0. The molecule has 28 heavy (non-hydrogen) atoms. The normalized spacial score (nSPS) is 17.5. The molecule has 1 aromatic heterocycles. The highest BCUT2D eigenvalue weighted by molar-refractivity contribution is 5.94. The summed E-state index contributed by atoms with van der Waals surface area (Å²) in [5, 5.41) is 0. The molecule has 2 aromatic rings. The van der Waals surface area contributed by atoms with Gasteiger partial charge >= 0.3 is 0 Å². The van der Waals surface area contributed by atoms with Crippen molar-refractivity contribution in [2.45, 2.75) is 46.4 Å². The topological polar surface area (TPSA) is 67.7 Å². The highest BCUT2D eigenvalue weighted by Crippen LogP contribution is 2.20. The minimum atomic E-state index is -0.498. The molecule has 1 fully saturated rings. The smallest absolute Gasteiger partial charge is 0.245 e. The summed E-state index contributed by atoms with van der Waals surface area (Å²) in [6.45, 7) is 7.81. The molecule has 150 valence electrons. The highest BCUT2D eigenvalue weighted by atomic mass is 16.5. The van der Waals surface area contributed by atoms with Gasteiger partial charge in [0.25, 0.3) is 0 Å². The molecule has 3 rings (SSSR count). The van der Waals surface area contributed by atoms with Gasteiger partial charge in [0, 0.05) is 19.3 Å². The van der Waals surface area contributed by atoms with Crippen LogP contribution < -0.4 is 4.74 Å². The van der Waals surface area contributed by atoms with Gasteiger partial charge in [0.2, 0.25) is 11.8 Å². The van der Waals surface area contributed by atoms with E-state index in [-0.39, 0.29) is 18.4 Å². The Morgan fingerprint density at radius 3 is 2.54 bits per heavy atom. The van der Waals surface area contributed by atoms with Crippen molar-refractivity contribution in [3.05, 3.63) is 48.0 Å². The van der Waals surface area contributed by atoms with E-state index in [1.807, 2.05) is 24.3 Å². The Bertz CT molecular complexity index is 828. The van der Waals surface area contributed by atoms with E-state index in [2.05, 4.69) is 23.4 Å². The number of ether oxygens (including phenoxy) is 1. The minimum absolute atomic E-state index is 0.0367. The van der Waals surface area contributed by atoms with Crippen LogP contribution in [0.1, 0.15) is 32.0 Å². The van der Waals surface area contributed by atoms with Crippen LogP contribution in [-0.4, -0.2) is 50.9 Å². The fourth-order valence-electron chi connectivity index (χ4n) is 3.47. The summed E-state index contributed by atoms with van der Waals surface area (Å²) < 4.78 is 7.22. The molecule has 0 radical (unpaired) electrons. The Hall–Kier alpha value is -2.83. The molecule has 1 atom stereocenters. The lowest BCUT2D eigenvalue weighted by atomic mass is 10.1. The lowest BCUT2D eigenvalue weighted by Gasteiger charge is -2.38. The van der Waals surface area contributed by atoms with E-state index in [9.17, 15) is 9.59 Å². The van der Waals surface area contributed by atoms with Gasteiger partial charge in [0.05, 0.1) is 25.7 Å². The third kappa shape index (κ3) is 4.35. The number of hydrogen-bond acceptors (Lipinski definition) is 4. The number of aromatic nitrogens is 2. The number of benzene rings is 1. The second-order valence-electron chi connectivity index (χ2n) is 7.67. The number of rotatable bonds is 7. The van der Waals surface area contributed by atoms with E-state index in [1.54, 1.807) is 36.4 Å². The minimum Gasteiger partial charge on any atom is -0.497 e. The molecule has 1 aliphatic rings. The predicted molar refractivity (Wildman–Crippen MR) is 105 cm³/mol. The molecule has 0 spiro atoms. The van der Waals surface area contributed by atoms with Crippen LogP contribution in [-0.2, 0) is 29.2 Å². The van der Waals surface area contributed by atoms with Crippen molar-refractivity contribution in [3.63, 3.8) is 0 Å². The number of imidazole rings is 1. The summed E-state index contributed by atoms with van der Waals surface area (Å²) in [5.41, 5.74) is 1.92. The van der Waals surface area contributed by atoms with Crippen LogP contribution in [0.5, 0.6) is 5.75 Å². The van der Waals surface area contributed by atoms with E-state index in [0.717, 1.165) is 23.6 Å². The van der Waals surface area contributed by atoms with E-state index < -0.39 is 6.04 Å². The fraction of sp³-hybridized carbons (Fsp3) is 0.476. The lowest BCUT2D eigenvalue weighted by Crippen LogP contribution is -2.58. The van der Waals surface area contributed by atoms with Crippen LogP contribution in [0.4, 0.5) is 0 Å². The molecule has 0 bridgehead atoms. The molecule has 2 amide bonds. The van der Waals surface area contributed by atoms with E-state index in [4.69, 9.17) is 4.74 Å². The summed E-state index contributed by atoms with van der Waals surface area (Å²) in [4.78, 5) is 33.2. The van der Waals surface area contributed by atoms with E-state index in [1.165, 1.54) is 0 Å². The van der Waals surface area contributed by atoms with Gasteiger partial charge < -0.3 is 19.1 Å². The third-order valence-electron chi connectivity index (χ3n) is 5.01. The van der Waals surface area contributed by atoms with Crippen molar-refractivity contribution < 1.29 is 14.3 Å². The SMILES string of the molecule is COc1ccc(CN2CC(=O)N(Cc3cncn3CC(C)C)[C@@H](C)C2=O)cc1.